The van der Waals surface area contributed by atoms with Crippen LogP contribution < -0.4 is 0 Å². The monoisotopic (exact) mass is 418 g/mol. The van der Waals surface area contributed by atoms with E-state index < -0.39 is 30.0 Å². The van der Waals surface area contributed by atoms with E-state index in [4.69, 9.17) is 9.47 Å². The van der Waals surface area contributed by atoms with Gasteiger partial charge in [0, 0.05) is 24.3 Å². The third kappa shape index (κ3) is 6.82. The molecule has 1 unspecified atom stereocenters. The summed E-state index contributed by atoms with van der Waals surface area (Å²) >= 11 is 0. The van der Waals surface area contributed by atoms with Crippen LogP contribution in [0.2, 0.25) is 0 Å². The van der Waals surface area contributed by atoms with Gasteiger partial charge in [0.1, 0.15) is 18.5 Å². The first-order chi connectivity index (χ1) is 14.4. The Kier molecular flexibility index (Phi) is 8.17. The highest BCUT2D eigenvalue weighted by Gasteiger charge is 2.18. The number of carbonyl (C=O) groups is 4. The zero-order chi connectivity index (χ0) is 21.9. The Bertz CT molecular complexity index is 981. The van der Waals surface area contributed by atoms with Gasteiger partial charge in [0.25, 0.3) is 0 Å². The van der Waals surface area contributed by atoms with E-state index in [1.807, 2.05) is 0 Å². The maximum absolute atomic E-state index is 12.0. The Balaban J connectivity index is 2.09. The van der Waals surface area contributed by atoms with Crippen molar-refractivity contribution in [3.05, 3.63) is 43.2 Å². The summed E-state index contributed by atoms with van der Waals surface area (Å²) in [6.07, 6.45) is 6.92. The van der Waals surface area contributed by atoms with E-state index >= 15 is 0 Å². The quantitative estimate of drug-likeness (QED) is 0.301. The van der Waals surface area contributed by atoms with Gasteiger partial charge in [-0.2, -0.15) is 0 Å². The van der Waals surface area contributed by atoms with Gasteiger partial charge in [0.05, 0.1) is 33.3 Å². The summed E-state index contributed by atoms with van der Waals surface area (Å²) in [5, 5.41) is 0. The fourth-order valence-corrected chi connectivity index (χ4v) is 2.13. The van der Waals surface area contributed by atoms with Crippen molar-refractivity contribution in [3.8, 4) is 0 Å². The van der Waals surface area contributed by atoms with E-state index in [-0.39, 0.29) is 13.2 Å². The van der Waals surface area contributed by atoms with Crippen molar-refractivity contribution in [2.24, 2.45) is 0 Å². The molecule has 0 aliphatic carbocycles. The van der Waals surface area contributed by atoms with Crippen LogP contribution >= 0.6 is 0 Å². The van der Waals surface area contributed by atoms with Crippen LogP contribution in [0.1, 0.15) is 0 Å². The minimum absolute atomic E-state index is 0.0513. The van der Waals surface area contributed by atoms with E-state index in [9.17, 15) is 19.2 Å². The maximum Gasteiger partial charge on any atom is 0.331 e. The summed E-state index contributed by atoms with van der Waals surface area (Å²) in [7, 11) is 2.32. The van der Waals surface area contributed by atoms with Crippen molar-refractivity contribution in [1.29, 1.82) is 0 Å². The number of carbonyl (C=O) groups excluding carboxylic acids is 4. The van der Waals surface area contributed by atoms with E-state index in [0.717, 1.165) is 38.5 Å². The molecule has 0 bridgehead atoms. The van der Waals surface area contributed by atoms with Crippen molar-refractivity contribution in [2.45, 2.75) is 12.6 Å². The number of hydrogen-bond acceptors (Lipinski definition) is 11. The molecule has 0 aromatic carbocycles. The molecular weight excluding hydrogens is 400 g/mol. The minimum Gasteiger partial charge on any atom is -0.466 e. The first-order valence-electron chi connectivity index (χ1n) is 8.43. The second kappa shape index (κ2) is 11.0. The van der Waals surface area contributed by atoms with Crippen molar-refractivity contribution in [3.63, 3.8) is 0 Å². The van der Waals surface area contributed by atoms with Crippen molar-refractivity contribution in [1.82, 2.24) is 19.5 Å². The third-order valence-electron chi connectivity index (χ3n) is 3.51. The summed E-state index contributed by atoms with van der Waals surface area (Å²) in [5.41, 5.74) is 0.999. The Morgan fingerprint density at radius 2 is 1.60 bits per heavy atom. The highest BCUT2D eigenvalue weighted by molar-refractivity contribution is 5.92. The Labute approximate surface area is 170 Å². The Morgan fingerprint density at radius 1 is 0.967 bits per heavy atom. The van der Waals surface area contributed by atoms with Crippen molar-refractivity contribution in [2.75, 3.05) is 20.8 Å². The summed E-state index contributed by atoms with van der Waals surface area (Å²) in [6.45, 7) is -0.287. The van der Waals surface area contributed by atoms with Crippen LogP contribution in [0, 0.1) is 0 Å². The Morgan fingerprint density at radius 3 is 2.27 bits per heavy atom. The number of rotatable bonds is 9. The number of esters is 4. The summed E-state index contributed by atoms with van der Waals surface area (Å²) < 4.78 is 20.6. The number of imidazole rings is 1. The predicted octanol–water partition coefficient (Wildman–Crippen LogP) is -0.260. The lowest BCUT2D eigenvalue weighted by Gasteiger charge is -2.17. The van der Waals surface area contributed by atoms with Crippen molar-refractivity contribution >= 4 is 35.0 Å². The van der Waals surface area contributed by atoms with Gasteiger partial charge in [-0.15, -0.1) is 0 Å². The maximum atomic E-state index is 12.0. The fourth-order valence-electron chi connectivity index (χ4n) is 2.13. The molecular formula is C18H18N4O8. The van der Waals surface area contributed by atoms with Crippen molar-refractivity contribution < 1.29 is 38.1 Å². The van der Waals surface area contributed by atoms with Gasteiger partial charge in [0.15, 0.2) is 11.8 Å². The predicted molar refractivity (Wildman–Crippen MR) is 98.5 cm³/mol. The standard InChI is InChI=1S/C18H18N4O8/c1-27-14(23)3-5-16(25)29-9-12(30-17(26)6-4-15(24)28-2)8-22-11-21-18-13(22)7-19-10-20-18/h3-7,10-12H,8-9H2,1-2H3/b5-3+,6-4+. The van der Waals surface area contributed by atoms with E-state index in [1.54, 1.807) is 4.57 Å². The van der Waals surface area contributed by atoms with E-state index in [1.165, 1.54) is 18.9 Å². The van der Waals surface area contributed by atoms with Crippen LogP contribution in [0.25, 0.3) is 11.2 Å². The van der Waals surface area contributed by atoms with Gasteiger partial charge in [-0.05, 0) is 0 Å². The minimum atomic E-state index is -0.951. The molecule has 0 N–H and O–H groups in total. The number of fused-ring (bicyclic) bond motifs is 1. The number of aromatic nitrogens is 4. The number of methoxy groups -OCH3 is 2. The van der Waals surface area contributed by atoms with E-state index in [0.29, 0.717) is 11.2 Å². The Hall–Kier alpha value is -4.09. The normalized spacial score (nSPS) is 12.1. The van der Waals surface area contributed by atoms with E-state index in [2.05, 4.69) is 24.4 Å². The molecule has 12 heteroatoms. The second-order valence-electron chi connectivity index (χ2n) is 5.53. The van der Waals surface area contributed by atoms with Gasteiger partial charge < -0.3 is 23.5 Å². The lowest BCUT2D eigenvalue weighted by molar-refractivity contribution is -0.153. The lowest BCUT2D eigenvalue weighted by Crippen LogP contribution is -2.29. The van der Waals surface area contributed by atoms with Crippen LogP contribution in [-0.4, -0.2) is 70.3 Å². The first-order valence-corrected chi connectivity index (χ1v) is 8.43. The lowest BCUT2D eigenvalue weighted by atomic mass is 10.3. The zero-order valence-corrected chi connectivity index (χ0v) is 16.1. The molecule has 0 saturated heterocycles. The molecule has 2 aromatic heterocycles. The topological polar surface area (TPSA) is 149 Å². The highest BCUT2D eigenvalue weighted by atomic mass is 16.6. The molecule has 0 fully saturated rings. The molecule has 1 atom stereocenters. The van der Waals surface area contributed by atoms with Gasteiger partial charge in [-0.3, -0.25) is 0 Å². The molecule has 0 radical (unpaired) electrons. The fraction of sp³-hybridized carbons (Fsp3) is 0.278. The molecule has 2 rings (SSSR count). The smallest absolute Gasteiger partial charge is 0.331 e. The highest BCUT2D eigenvalue weighted by Crippen LogP contribution is 2.10. The molecule has 0 spiro atoms. The summed E-state index contributed by atoms with van der Waals surface area (Å²) in [4.78, 5) is 57.9. The van der Waals surface area contributed by atoms with Crippen LogP contribution in [-0.2, 0) is 44.7 Å². The molecule has 12 nitrogen and oxygen atoms in total. The molecule has 0 amide bonds. The first kappa shape index (κ1) is 22.2. The van der Waals surface area contributed by atoms with Crippen LogP contribution in [0.5, 0.6) is 0 Å². The molecule has 158 valence electrons. The molecule has 0 aliphatic heterocycles. The van der Waals surface area contributed by atoms with Gasteiger partial charge in [-0.25, -0.2) is 34.1 Å². The number of ether oxygens (including phenoxy) is 4. The average molecular weight is 418 g/mol. The van der Waals surface area contributed by atoms with Gasteiger partial charge in [-0.1, -0.05) is 0 Å². The molecule has 30 heavy (non-hydrogen) atoms. The number of nitrogens with zero attached hydrogens (tertiary/aromatic N) is 4. The largest absolute Gasteiger partial charge is 0.466 e. The van der Waals surface area contributed by atoms with Gasteiger partial charge in [0.2, 0.25) is 0 Å². The zero-order valence-electron chi connectivity index (χ0n) is 16.1. The number of hydrogen-bond donors (Lipinski definition) is 0. The van der Waals surface area contributed by atoms with Crippen LogP contribution in [0.4, 0.5) is 0 Å². The molecule has 2 aromatic rings. The van der Waals surface area contributed by atoms with Gasteiger partial charge >= 0.3 is 23.9 Å². The summed E-state index contributed by atoms with van der Waals surface area (Å²) in [6, 6.07) is 0. The second-order valence-corrected chi connectivity index (χ2v) is 5.53. The SMILES string of the molecule is COC(=O)/C=C/C(=O)OCC(Cn1cnc2ncncc21)OC(=O)/C=C/C(=O)OC. The average Bonchev–Trinajstić information content (AvgIpc) is 3.16. The third-order valence-corrected chi connectivity index (χ3v) is 3.51. The molecule has 0 saturated carbocycles. The molecule has 0 aliphatic rings. The summed E-state index contributed by atoms with van der Waals surface area (Å²) in [5.74, 6) is -3.16. The van der Waals surface area contributed by atoms with Crippen LogP contribution in [0.3, 0.4) is 0 Å². The molecule has 2 heterocycles. The van der Waals surface area contributed by atoms with Crippen LogP contribution in [0.15, 0.2) is 43.2 Å².